The Morgan fingerprint density at radius 2 is 0.863 bits per heavy atom. The van der Waals surface area contributed by atoms with E-state index >= 15 is 0 Å². The molecular formula is C57H54BrF3N16O3. The van der Waals surface area contributed by atoms with E-state index in [1.165, 1.54) is 22.9 Å². The summed E-state index contributed by atoms with van der Waals surface area (Å²) in [5.41, 5.74) is 12.7. The molecule has 408 valence electrons. The third-order valence-electron chi connectivity index (χ3n) is 14.4. The normalized spacial score (nSPS) is 14.9. The molecule has 0 bridgehead atoms. The van der Waals surface area contributed by atoms with Crippen LogP contribution >= 0.6 is 15.9 Å². The van der Waals surface area contributed by atoms with Gasteiger partial charge in [-0.2, -0.15) is 35.2 Å². The van der Waals surface area contributed by atoms with E-state index in [0.717, 1.165) is 39.2 Å². The average molecular weight is 1150 g/mol. The summed E-state index contributed by atoms with van der Waals surface area (Å²) in [6.07, 6.45) is 8.14. The Labute approximate surface area is 465 Å². The molecule has 0 saturated carbocycles. The summed E-state index contributed by atoms with van der Waals surface area (Å²) < 4.78 is 46.9. The van der Waals surface area contributed by atoms with Crippen molar-refractivity contribution < 1.29 is 27.6 Å². The predicted molar refractivity (Wildman–Crippen MR) is 296 cm³/mol. The lowest BCUT2D eigenvalue weighted by molar-refractivity contribution is -0.120. The van der Waals surface area contributed by atoms with Gasteiger partial charge in [-0.3, -0.25) is 14.4 Å². The number of fused-ring (bicyclic) bond motifs is 3. The fraction of sp³-hybridized carbons (Fsp3) is 0.263. The van der Waals surface area contributed by atoms with Crippen LogP contribution in [0.2, 0.25) is 0 Å². The first-order chi connectivity index (χ1) is 37.9. The van der Waals surface area contributed by atoms with Gasteiger partial charge < -0.3 is 21.7 Å². The minimum Gasteiger partial charge on any atom is -0.383 e. The van der Waals surface area contributed by atoms with Crippen molar-refractivity contribution in [3.8, 4) is 17.8 Å². The third-order valence-corrected chi connectivity index (χ3v) is 15.0. The first-order valence-corrected chi connectivity index (χ1v) is 26.1. The van der Waals surface area contributed by atoms with E-state index in [1.54, 1.807) is 103 Å². The van der Waals surface area contributed by atoms with E-state index in [0.29, 0.717) is 81.2 Å². The molecule has 9 aromatic rings. The molecule has 0 saturated heterocycles. The van der Waals surface area contributed by atoms with Crippen LogP contribution in [0.25, 0.3) is 17.8 Å². The molecule has 0 radical (unpaired) electrons. The molecule has 19 nitrogen and oxygen atoms in total. The molecule has 9 heterocycles. The van der Waals surface area contributed by atoms with Gasteiger partial charge in [0.25, 0.3) is 17.8 Å². The minimum absolute atomic E-state index is 0.101. The van der Waals surface area contributed by atoms with Crippen molar-refractivity contribution in [2.45, 2.75) is 97.8 Å². The third kappa shape index (κ3) is 10.2. The van der Waals surface area contributed by atoms with E-state index in [9.17, 15) is 27.6 Å². The highest BCUT2D eigenvalue weighted by molar-refractivity contribution is 9.10. The van der Waals surface area contributed by atoms with Crippen LogP contribution in [-0.2, 0) is 49.9 Å². The van der Waals surface area contributed by atoms with Crippen LogP contribution in [-0.4, -0.2) is 77.0 Å². The fourth-order valence-electron chi connectivity index (χ4n) is 9.41. The second-order valence-electron chi connectivity index (χ2n) is 21.3. The summed E-state index contributed by atoms with van der Waals surface area (Å²) >= 11 is 3.45. The Hall–Kier alpha value is -8.99. The molecule has 6 aromatic heterocycles. The summed E-state index contributed by atoms with van der Waals surface area (Å²) in [5, 5.41) is 21.9. The summed E-state index contributed by atoms with van der Waals surface area (Å²) in [6.45, 7) is 16.6. The smallest absolute Gasteiger partial charge is 0.254 e. The first-order valence-electron chi connectivity index (χ1n) is 25.3. The van der Waals surface area contributed by atoms with Crippen molar-refractivity contribution >= 4 is 56.9 Å². The fourth-order valence-corrected chi connectivity index (χ4v) is 10.2. The van der Waals surface area contributed by atoms with Crippen molar-refractivity contribution in [1.29, 1.82) is 0 Å². The number of amides is 3. The number of nitrogen functional groups attached to an aromatic ring is 1. The largest absolute Gasteiger partial charge is 0.383 e. The second-order valence-corrected chi connectivity index (χ2v) is 22.0. The van der Waals surface area contributed by atoms with Crippen LogP contribution in [0.4, 0.5) is 36.4 Å². The zero-order valence-electron chi connectivity index (χ0n) is 45.0. The van der Waals surface area contributed by atoms with Crippen molar-refractivity contribution in [3.05, 3.63) is 187 Å². The Morgan fingerprint density at radius 3 is 1.31 bits per heavy atom. The monoisotopic (exact) mass is 1150 g/mol. The number of rotatable bonds is 9. The number of aromatic nitrogens is 12. The molecule has 0 aliphatic carbocycles. The molecule has 0 unspecified atom stereocenters. The van der Waals surface area contributed by atoms with Crippen LogP contribution < -0.4 is 21.7 Å². The number of halogens is 4. The van der Waals surface area contributed by atoms with Gasteiger partial charge in [0.1, 0.15) is 45.3 Å². The molecule has 23 heteroatoms. The van der Waals surface area contributed by atoms with Gasteiger partial charge in [0.05, 0.1) is 38.9 Å². The maximum atomic E-state index is 13.9. The zero-order valence-corrected chi connectivity index (χ0v) is 46.6. The van der Waals surface area contributed by atoms with Crippen LogP contribution in [0.1, 0.15) is 109 Å². The lowest BCUT2D eigenvalue weighted by Gasteiger charge is -2.16. The number of anilines is 4. The van der Waals surface area contributed by atoms with Crippen molar-refractivity contribution in [2.75, 3.05) is 21.7 Å². The molecule has 5 N–H and O–H groups in total. The summed E-state index contributed by atoms with van der Waals surface area (Å²) in [4.78, 5) is 62.8. The summed E-state index contributed by atoms with van der Waals surface area (Å²) in [7, 11) is 0. The highest BCUT2D eigenvalue weighted by Gasteiger charge is 2.44. The predicted octanol–water partition coefficient (Wildman–Crippen LogP) is 9.14. The van der Waals surface area contributed by atoms with Crippen LogP contribution in [0, 0.1) is 38.2 Å². The number of hydrogen-bond donors (Lipinski definition) is 4. The molecule has 0 atom stereocenters. The molecule has 12 rings (SSSR count). The molecule has 3 aromatic carbocycles. The topological polar surface area (TPSA) is 244 Å². The number of hydrogen-bond acceptors (Lipinski definition) is 13. The van der Waals surface area contributed by atoms with Crippen molar-refractivity contribution in [3.63, 3.8) is 0 Å². The van der Waals surface area contributed by atoms with Gasteiger partial charge in [-0.25, -0.2) is 37.2 Å². The second kappa shape index (κ2) is 20.7. The first kappa shape index (κ1) is 54.4. The van der Waals surface area contributed by atoms with Crippen molar-refractivity contribution in [1.82, 2.24) is 59.2 Å². The molecule has 0 spiro atoms. The summed E-state index contributed by atoms with van der Waals surface area (Å²) in [6, 6.07) is 19.9. The van der Waals surface area contributed by atoms with E-state index in [1.807, 2.05) is 48.5 Å². The van der Waals surface area contributed by atoms with E-state index in [-0.39, 0.29) is 46.9 Å². The Balaban J connectivity index is 0.000000135. The lowest BCUT2D eigenvalue weighted by atomic mass is 9.87. The van der Waals surface area contributed by atoms with Crippen LogP contribution in [0.3, 0.4) is 0 Å². The number of nitrogens with two attached hydrogens (primary N) is 1. The highest BCUT2D eigenvalue weighted by atomic mass is 79.9. The van der Waals surface area contributed by atoms with Gasteiger partial charge in [0.15, 0.2) is 0 Å². The Kier molecular flexibility index (Phi) is 14.0. The van der Waals surface area contributed by atoms with Crippen molar-refractivity contribution in [2.24, 2.45) is 0 Å². The summed E-state index contributed by atoms with van der Waals surface area (Å²) in [5.74, 6) is 1.41. The van der Waals surface area contributed by atoms with Crippen LogP contribution in [0.15, 0.2) is 102 Å². The van der Waals surface area contributed by atoms with Gasteiger partial charge in [0, 0.05) is 55.2 Å². The maximum absolute atomic E-state index is 13.9. The molecule has 3 aliphatic rings. The number of nitrogens with one attached hydrogen (secondary N) is 3. The molecule has 0 fully saturated rings. The Bertz CT molecular complexity index is 3810. The SMILES string of the molecule is Cc1cn(-c2nc(Br)c3c(n2)NC(=O)C3(C)C)nc1Cc1ccccc1F.Cc1cn(-c2nc(N)c3c(n2)NC(=O)C3(C)C)nc1Cc1ccccc1F.Cc1cn(-c2ncc3c(n2)NC(=O)C3(C)C)nc1Cc1ccccc1F. The quantitative estimate of drug-likeness (QED) is 0.0987. The number of nitrogens with zero attached hydrogens (tertiary/aromatic N) is 12. The van der Waals surface area contributed by atoms with Gasteiger partial charge in [-0.15, -0.1) is 0 Å². The van der Waals surface area contributed by atoms with Gasteiger partial charge >= 0.3 is 0 Å². The number of carbonyl (C=O) groups excluding carboxylic acids is 3. The molecule has 80 heavy (non-hydrogen) atoms. The number of carbonyl (C=O) groups is 3. The van der Waals surface area contributed by atoms with Gasteiger partial charge in [-0.05, 0) is 130 Å². The molecular weight excluding hydrogens is 1090 g/mol. The standard InChI is InChI=1S/C19H17BrFN5O.C19H19FN6O.C19H18FN5O/c1-10-9-26(25-13(10)8-11-6-4-5-7-12(11)21)18-22-15(20)14-16(24-18)23-17(27)19(14,2)3;1-10-9-26(25-13(10)8-11-6-4-5-7-12(11)20)18-22-15(21)14-16(24-18)23-17(27)19(14,2)3;1-11-10-25(24-15(11)8-12-6-4-5-7-14(12)20)18-21-9-13-16(23-18)22-17(26)19(13,2)3/h4-7,9H,8H2,1-3H3,(H,22,23,24,27);4-7,9H,8H2,1-3H3,(H3,21,22,23,24,27);4-7,9-10H,8H2,1-3H3,(H,21,22,23,26). The van der Waals surface area contributed by atoms with Crippen LogP contribution in [0.5, 0.6) is 0 Å². The maximum Gasteiger partial charge on any atom is 0.254 e. The van der Waals surface area contributed by atoms with E-state index < -0.39 is 16.2 Å². The zero-order chi connectivity index (χ0) is 57.2. The number of benzene rings is 3. The van der Waals surface area contributed by atoms with E-state index in [2.05, 4.69) is 77.1 Å². The highest BCUT2D eigenvalue weighted by Crippen LogP contribution is 2.42. The van der Waals surface area contributed by atoms with E-state index in [4.69, 9.17) is 5.73 Å². The average Bonchev–Trinajstić information content (AvgIpc) is 4.38. The molecule has 3 aliphatic heterocycles. The number of aryl methyl sites for hydroxylation is 3. The Morgan fingerprint density at radius 1 is 0.500 bits per heavy atom. The minimum atomic E-state index is -0.784. The van der Waals surface area contributed by atoms with Gasteiger partial charge in [0.2, 0.25) is 17.7 Å². The molecule has 3 amide bonds. The van der Waals surface area contributed by atoms with Gasteiger partial charge in [-0.1, -0.05) is 54.6 Å². The lowest BCUT2D eigenvalue weighted by Crippen LogP contribution is -2.27.